The molecule has 4 heteroatoms. The fraction of sp³-hybridized carbons (Fsp3) is 0.222. The molecular formula is C9H12N2OS. The lowest BCUT2D eigenvalue weighted by atomic mass is 10.2. The number of aryl methyl sites for hydroxylation is 1. The van der Waals surface area contributed by atoms with Crippen molar-refractivity contribution in [2.75, 3.05) is 11.5 Å². The smallest absolute Gasteiger partial charge is 0.227 e. The number of rotatable bonds is 3. The standard InChI is InChI=1S/C9H12N2OS/c1-6-2-3-7(10)4-8(6)13-5-9(11)12/h2-4H,5,10H2,1H3,(H2,11,12). The second kappa shape index (κ2) is 4.18. The largest absolute Gasteiger partial charge is 0.399 e. The summed E-state index contributed by atoms with van der Waals surface area (Å²) in [4.78, 5) is 11.6. The van der Waals surface area contributed by atoms with Crippen molar-refractivity contribution in [1.82, 2.24) is 0 Å². The van der Waals surface area contributed by atoms with Gasteiger partial charge in [0.1, 0.15) is 0 Å². The van der Waals surface area contributed by atoms with Gasteiger partial charge in [0.25, 0.3) is 0 Å². The number of primary amides is 1. The van der Waals surface area contributed by atoms with Crippen molar-refractivity contribution >= 4 is 23.4 Å². The minimum absolute atomic E-state index is 0.296. The van der Waals surface area contributed by atoms with E-state index in [0.29, 0.717) is 11.4 Å². The molecular weight excluding hydrogens is 184 g/mol. The zero-order valence-electron chi connectivity index (χ0n) is 7.41. The summed E-state index contributed by atoms with van der Waals surface area (Å²) in [5.41, 5.74) is 12.5. The van der Waals surface area contributed by atoms with E-state index in [-0.39, 0.29) is 5.91 Å². The Labute approximate surface area is 81.5 Å². The third-order valence-electron chi connectivity index (χ3n) is 1.58. The monoisotopic (exact) mass is 196 g/mol. The van der Waals surface area contributed by atoms with Gasteiger partial charge in [-0.05, 0) is 24.6 Å². The van der Waals surface area contributed by atoms with Crippen molar-refractivity contribution < 1.29 is 4.79 Å². The normalized spacial score (nSPS) is 9.92. The van der Waals surface area contributed by atoms with Gasteiger partial charge in [-0.15, -0.1) is 11.8 Å². The molecule has 70 valence electrons. The van der Waals surface area contributed by atoms with Crippen molar-refractivity contribution in [3.8, 4) is 0 Å². The molecule has 1 amide bonds. The van der Waals surface area contributed by atoms with Gasteiger partial charge in [-0.3, -0.25) is 4.79 Å². The van der Waals surface area contributed by atoms with Gasteiger partial charge in [0.05, 0.1) is 5.75 Å². The molecule has 0 aliphatic rings. The first-order chi connectivity index (χ1) is 6.09. The van der Waals surface area contributed by atoms with Crippen molar-refractivity contribution in [2.24, 2.45) is 5.73 Å². The van der Waals surface area contributed by atoms with Crippen LogP contribution in [0.5, 0.6) is 0 Å². The molecule has 0 aliphatic heterocycles. The second-order valence-electron chi connectivity index (χ2n) is 2.78. The molecule has 1 aromatic carbocycles. The Balaban J connectivity index is 2.75. The van der Waals surface area contributed by atoms with Crippen LogP contribution in [0.15, 0.2) is 23.1 Å². The molecule has 0 heterocycles. The van der Waals surface area contributed by atoms with Gasteiger partial charge < -0.3 is 11.5 Å². The lowest BCUT2D eigenvalue weighted by molar-refractivity contribution is -0.115. The molecule has 0 radical (unpaired) electrons. The summed E-state index contributed by atoms with van der Waals surface area (Å²) in [5, 5.41) is 0. The minimum atomic E-state index is -0.313. The minimum Gasteiger partial charge on any atom is -0.399 e. The van der Waals surface area contributed by atoms with Gasteiger partial charge in [0.2, 0.25) is 5.91 Å². The molecule has 0 fully saturated rings. The molecule has 1 aromatic rings. The lowest BCUT2D eigenvalue weighted by Gasteiger charge is -2.04. The Morgan fingerprint density at radius 2 is 2.23 bits per heavy atom. The molecule has 1 rings (SSSR count). The summed E-state index contributed by atoms with van der Waals surface area (Å²) in [6, 6.07) is 5.62. The number of amides is 1. The molecule has 0 saturated heterocycles. The van der Waals surface area contributed by atoms with Crippen molar-refractivity contribution in [1.29, 1.82) is 0 Å². The Morgan fingerprint density at radius 1 is 1.54 bits per heavy atom. The van der Waals surface area contributed by atoms with Gasteiger partial charge in [-0.2, -0.15) is 0 Å². The zero-order valence-corrected chi connectivity index (χ0v) is 8.23. The molecule has 3 nitrogen and oxygen atoms in total. The van der Waals surface area contributed by atoms with Crippen molar-refractivity contribution in [2.45, 2.75) is 11.8 Å². The fourth-order valence-electron chi connectivity index (χ4n) is 0.921. The summed E-state index contributed by atoms with van der Waals surface area (Å²) in [6.45, 7) is 1.97. The maximum absolute atomic E-state index is 10.5. The maximum atomic E-state index is 10.5. The molecule has 0 unspecified atom stereocenters. The van der Waals surface area contributed by atoms with Gasteiger partial charge in [-0.25, -0.2) is 0 Å². The SMILES string of the molecule is Cc1ccc(N)cc1SCC(N)=O. The van der Waals surface area contributed by atoms with Crippen LogP contribution in [0.2, 0.25) is 0 Å². The van der Waals surface area contributed by atoms with Gasteiger partial charge in [0, 0.05) is 10.6 Å². The Morgan fingerprint density at radius 3 is 2.85 bits per heavy atom. The van der Waals surface area contributed by atoms with E-state index in [2.05, 4.69) is 0 Å². The molecule has 0 atom stereocenters. The molecule has 0 bridgehead atoms. The highest BCUT2D eigenvalue weighted by molar-refractivity contribution is 8.00. The molecule has 4 N–H and O–H groups in total. The van der Waals surface area contributed by atoms with E-state index in [9.17, 15) is 4.79 Å². The predicted molar refractivity (Wildman–Crippen MR) is 55.5 cm³/mol. The average Bonchev–Trinajstić information content (AvgIpc) is 2.06. The number of nitrogens with two attached hydrogens (primary N) is 2. The van der Waals surface area contributed by atoms with Crippen LogP contribution in [0.25, 0.3) is 0 Å². The molecule has 13 heavy (non-hydrogen) atoms. The maximum Gasteiger partial charge on any atom is 0.227 e. The van der Waals surface area contributed by atoms with E-state index in [0.717, 1.165) is 10.5 Å². The third-order valence-corrected chi connectivity index (χ3v) is 2.76. The number of thioether (sulfide) groups is 1. The fourth-order valence-corrected chi connectivity index (χ4v) is 1.73. The number of benzene rings is 1. The second-order valence-corrected chi connectivity index (χ2v) is 3.80. The van der Waals surface area contributed by atoms with Crippen LogP contribution in [0.1, 0.15) is 5.56 Å². The summed E-state index contributed by atoms with van der Waals surface area (Å²) >= 11 is 1.41. The number of carbonyl (C=O) groups excluding carboxylic acids is 1. The van der Waals surface area contributed by atoms with Crippen LogP contribution in [0, 0.1) is 6.92 Å². The first-order valence-electron chi connectivity index (χ1n) is 3.87. The van der Waals surface area contributed by atoms with Crippen LogP contribution in [-0.4, -0.2) is 11.7 Å². The molecule has 0 saturated carbocycles. The van der Waals surface area contributed by atoms with Gasteiger partial charge in [0.15, 0.2) is 0 Å². The van der Waals surface area contributed by atoms with Crippen LogP contribution in [0.4, 0.5) is 5.69 Å². The highest BCUT2D eigenvalue weighted by Gasteiger charge is 2.01. The van der Waals surface area contributed by atoms with Crippen molar-refractivity contribution in [3.63, 3.8) is 0 Å². The van der Waals surface area contributed by atoms with E-state index in [1.807, 2.05) is 25.1 Å². The number of hydrogen-bond donors (Lipinski definition) is 2. The predicted octanol–water partition coefficient (Wildman–Crippen LogP) is 1.15. The quantitative estimate of drug-likeness (QED) is 0.563. The Bertz CT molecular complexity index is 325. The van der Waals surface area contributed by atoms with Crippen molar-refractivity contribution in [3.05, 3.63) is 23.8 Å². The molecule has 0 aromatic heterocycles. The summed E-state index contributed by atoms with van der Waals surface area (Å²) in [7, 11) is 0. The average molecular weight is 196 g/mol. The van der Waals surface area contributed by atoms with Crippen LogP contribution >= 0.6 is 11.8 Å². The Kier molecular flexibility index (Phi) is 3.19. The zero-order chi connectivity index (χ0) is 9.84. The number of carbonyl (C=O) groups is 1. The van der Waals surface area contributed by atoms with E-state index in [4.69, 9.17) is 11.5 Å². The number of hydrogen-bond acceptors (Lipinski definition) is 3. The topological polar surface area (TPSA) is 69.1 Å². The summed E-state index contributed by atoms with van der Waals surface area (Å²) in [5.74, 6) is -0.0172. The van der Waals surface area contributed by atoms with Gasteiger partial charge >= 0.3 is 0 Å². The van der Waals surface area contributed by atoms with E-state index < -0.39 is 0 Å². The van der Waals surface area contributed by atoms with E-state index in [1.54, 1.807) is 0 Å². The van der Waals surface area contributed by atoms with Crippen LogP contribution in [0.3, 0.4) is 0 Å². The lowest BCUT2D eigenvalue weighted by Crippen LogP contribution is -2.13. The molecule has 0 spiro atoms. The Hall–Kier alpha value is -1.16. The van der Waals surface area contributed by atoms with E-state index >= 15 is 0 Å². The third kappa shape index (κ3) is 2.99. The first-order valence-corrected chi connectivity index (χ1v) is 4.85. The number of anilines is 1. The highest BCUT2D eigenvalue weighted by Crippen LogP contribution is 2.23. The van der Waals surface area contributed by atoms with E-state index in [1.165, 1.54) is 11.8 Å². The summed E-state index contributed by atoms with van der Waals surface area (Å²) < 4.78 is 0. The molecule has 0 aliphatic carbocycles. The van der Waals surface area contributed by atoms with Gasteiger partial charge in [-0.1, -0.05) is 6.07 Å². The number of nitrogen functional groups attached to an aromatic ring is 1. The van der Waals surface area contributed by atoms with Crippen LogP contribution in [-0.2, 0) is 4.79 Å². The highest BCUT2D eigenvalue weighted by atomic mass is 32.2. The summed E-state index contributed by atoms with van der Waals surface area (Å²) in [6.07, 6.45) is 0. The first kappa shape index (κ1) is 9.92. The van der Waals surface area contributed by atoms with Crippen LogP contribution < -0.4 is 11.5 Å².